The van der Waals surface area contributed by atoms with Gasteiger partial charge in [-0.3, -0.25) is 9.59 Å². The molecule has 0 unspecified atom stereocenters. The van der Waals surface area contributed by atoms with E-state index in [-0.39, 0.29) is 57.4 Å². The number of hydrogen-bond acceptors (Lipinski definition) is 13. The smallest absolute Gasteiger partial charge is 0.481 e. The maximum absolute atomic E-state index is 14.8. The Bertz CT molecular complexity index is 1740. The summed E-state index contributed by atoms with van der Waals surface area (Å²) in [6.07, 6.45) is -12.2. The normalized spacial score (nSPS) is 51.7. The predicted octanol–water partition coefficient (Wildman–Crippen LogP) is 1.86. The van der Waals surface area contributed by atoms with Gasteiger partial charge in [0.1, 0.15) is 36.6 Å². The number of hydrogen-bond donors (Lipinski definition) is 8. The molecule has 4 saturated carbocycles. The molecule has 2 saturated heterocycles. The molecule has 0 aromatic carbocycles. The van der Waals surface area contributed by atoms with Crippen molar-refractivity contribution in [1.29, 1.82) is 0 Å². The number of ketones is 1. The van der Waals surface area contributed by atoms with E-state index < -0.39 is 107 Å². The van der Waals surface area contributed by atoms with Crippen molar-refractivity contribution in [2.45, 2.75) is 174 Å². The first-order valence-corrected chi connectivity index (χ1v) is 20.7. The number of carboxylic acids is 3. The van der Waals surface area contributed by atoms with Gasteiger partial charge in [-0.15, -0.1) is 0 Å². The number of fused-ring (bicyclic) bond motifs is 7. The monoisotopic (exact) mass is 846 g/mol. The number of aliphatic hydroxyl groups is 5. The van der Waals surface area contributed by atoms with Crippen LogP contribution in [0.15, 0.2) is 11.6 Å². The zero-order valence-corrected chi connectivity index (χ0v) is 36.5. The molecule has 326 valence electrons. The van der Waals surface area contributed by atoms with Gasteiger partial charge in [0, 0.05) is 5.92 Å². The number of ether oxygens (including phenoxy) is 4. The number of aliphatic carboxylic acids is 3. The number of allylic oxidation sites excluding steroid dienone is 2. The molecule has 17 heteroatoms. The van der Waals surface area contributed by atoms with Crippen LogP contribution in [0.3, 0.4) is 0 Å². The second kappa shape index (κ2) is 15.5. The molecular weight excluding hydrogens is 785 g/mol. The van der Waals surface area contributed by atoms with E-state index in [1.807, 2.05) is 26.8 Å². The largest absolute Gasteiger partial charge is 2.00 e. The molecule has 59 heavy (non-hydrogen) atoms. The van der Waals surface area contributed by atoms with Gasteiger partial charge < -0.3 is 59.8 Å². The summed E-state index contributed by atoms with van der Waals surface area (Å²) < 4.78 is 23.4. The van der Waals surface area contributed by atoms with Crippen LogP contribution in [0, 0.1) is 50.2 Å². The average molecular weight is 847 g/mol. The fourth-order valence-electron chi connectivity index (χ4n) is 13.4. The maximum atomic E-state index is 14.8. The Morgan fingerprint density at radius 2 is 1.27 bits per heavy atom. The minimum Gasteiger partial charge on any atom is -0.481 e. The molecule has 0 amide bonds. The Balaban J connectivity index is 0.00000585. The van der Waals surface area contributed by atoms with Gasteiger partial charge in [-0.2, -0.15) is 0 Å². The van der Waals surface area contributed by atoms with Gasteiger partial charge in [0.05, 0.1) is 11.5 Å². The quantitative estimate of drug-likeness (QED) is 0.134. The molecule has 6 fully saturated rings. The van der Waals surface area contributed by atoms with E-state index in [1.165, 1.54) is 0 Å². The number of rotatable bonds is 7. The Morgan fingerprint density at radius 1 is 0.695 bits per heavy atom. The van der Waals surface area contributed by atoms with Gasteiger partial charge in [0.25, 0.3) is 0 Å². The van der Waals surface area contributed by atoms with Crippen molar-refractivity contribution < 1.29 is 79.0 Å². The van der Waals surface area contributed by atoms with Crippen molar-refractivity contribution in [3.05, 3.63) is 11.6 Å². The van der Waals surface area contributed by atoms with E-state index >= 15 is 0 Å². The molecule has 7 aliphatic rings. The van der Waals surface area contributed by atoms with Gasteiger partial charge in [-0.05, 0) is 110 Å². The molecular formula is C42H62MgO16+2. The van der Waals surface area contributed by atoms with E-state index in [9.17, 15) is 60.0 Å². The maximum Gasteiger partial charge on any atom is 2.00 e. The van der Waals surface area contributed by atoms with Gasteiger partial charge in [0.15, 0.2) is 30.6 Å². The first-order chi connectivity index (χ1) is 26.8. The summed E-state index contributed by atoms with van der Waals surface area (Å²) in [4.78, 5) is 51.3. The Hall–Kier alpha value is -1.77. The van der Waals surface area contributed by atoms with Crippen LogP contribution in [0.1, 0.15) is 106 Å². The third-order valence-corrected chi connectivity index (χ3v) is 17.2. The summed E-state index contributed by atoms with van der Waals surface area (Å²) in [6.45, 7) is 14.8. The van der Waals surface area contributed by atoms with Crippen molar-refractivity contribution in [1.82, 2.24) is 0 Å². The van der Waals surface area contributed by atoms with Crippen LogP contribution in [0.4, 0.5) is 0 Å². The number of carbonyl (C=O) groups excluding carboxylic acids is 1. The summed E-state index contributed by atoms with van der Waals surface area (Å²) in [5, 5.41) is 83.0. The van der Waals surface area contributed by atoms with Gasteiger partial charge in [-0.25, -0.2) is 9.59 Å². The standard InChI is InChI=1S/C42H62O16.Mg/c1-37(2)21-8-11-42(7)31(20(43)16-18-19-17-39(4,36(53)54)13-12-38(19,3)14-15-41(18,42)6)40(21,5)10-9-22(37)55-35-30(26(47)25(46)29(57-35)33(51)52)58-34-27(48)23(44)24(45)28(56-34)32(49)50;/h16,19,21-31,34-35,44-48H,8-15,17H2,1-7H3,(H,49,50)(H,51,52)(H,53,54);/q;+2/t19-,21-,22-,23-,24-,25-,26-,27+,28-,29-,30+,31+,34-,35-,38+,39-,40-,41+,42+;/m0./s1. The van der Waals surface area contributed by atoms with E-state index in [0.29, 0.717) is 25.7 Å². The molecule has 0 radical (unpaired) electrons. The summed E-state index contributed by atoms with van der Waals surface area (Å²) in [7, 11) is 0. The van der Waals surface area contributed by atoms with Crippen LogP contribution >= 0.6 is 0 Å². The minimum absolute atomic E-state index is 0. The first kappa shape index (κ1) is 46.7. The molecule has 16 nitrogen and oxygen atoms in total. The average Bonchev–Trinajstić information content (AvgIpc) is 3.13. The number of carbonyl (C=O) groups is 4. The summed E-state index contributed by atoms with van der Waals surface area (Å²) in [6, 6.07) is 0. The predicted molar refractivity (Wildman–Crippen MR) is 205 cm³/mol. The zero-order valence-electron chi connectivity index (χ0n) is 35.1. The SMILES string of the molecule is CC1(C)[C@@H](O[C@H]2O[C@H](C(=O)O)[C@@H](O)[C@H](O)[C@H]2O[C@@H]2O[C@H](C(=O)O)[C@@H](O)[C@H](O)[C@H]2O)CC[C@]2(C)[C@H]3C(=O)C=C4[C@@H]5C[C@@](C)(C(=O)O)CC[C@]5(C)CC[C@@]4(C)[C@]3(C)CC[C@@H]12.[Mg+2]. The summed E-state index contributed by atoms with van der Waals surface area (Å²) in [5.41, 5.74) is -1.81. The van der Waals surface area contributed by atoms with Gasteiger partial charge >= 0.3 is 41.0 Å². The van der Waals surface area contributed by atoms with E-state index in [4.69, 9.17) is 18.9 Å². The molecule has 2 heterocycles. The van der Waals surface area contributed by atoms with E-state index in [2.05, 4.69) is 27.7 Å². The van der Waals surface area contributed by atoms with Crippen molar-refractivity contribution in [3.63, 3.8) is 0 Å². The summed E-state index contributed by atoms with van der Waals surface area (Å²) >= 11 is 0. The van der Waals surface area contributed by atoms with Crippen LogP contribution < -0.4 is 0 Å². The van der Waals surface area contributed by atoms with Crippen molar-refractivity contribution in [2.75, 3.05) is 0 Å². The molecule has 0 aromatic rings. The Morgan fingerprint density at radius 3 is 1.86 bits per heavy atom. The Labute approximate surface area is 360 Å². The van der Waals surface area contributed by atoms with Crippen LogP contribution in [0.5, 0.6) is 0 Å². The molecule has 7 rings (SSSR count). The van der Waals surface area contributed by atoms with Gasteiger partial charge in [0.2, 0.25) is 0 Å². The molecule has 19 atom stereocenters. The van der Waals surface area contributed by atoms with Crippen molar-refractivity contribution in [3.8, 4) is 0 Å². The number of aliphatic hydroxyl groups excluding tert-OH is 5. The van der Waals surface area contributed by atoms with Gasteiger partial charge in [-0.1, -0.05) is 47.1 Å². The fourth-order valence-corrected chi connectivity index (χ4v) is 13.4. The fraction of sp³-hybridized carbons (Fsp3) is 0.857. The van der Waals surface area contributed by atoms with Crippen molar-refractivity contribution >= 4 is 46.7 Å². The third-order valence-electron chi connectivity index (χ3n) is 17.2. The molecule has 0 aromatic heterocycles. The second-order valence-electron chi connectivity index (χ2n) is 20.6. The topological polar surface area (TPSA) is 267 Å². The molecule has 0 spiro atoms. The number of carboxylic acid groups (broad SMARTS) is 3. The minimum atomic E-state index is -2.05. The van der Waals surface area contributed by atoms with Crippen molar-refractivity contribution in [2.24, 2.45) is 50.2 Å². The van der Waals surface area contributed by atoms with Crippen LogP contribution in [-0.2, 0) is 38.1 Å². The third kappa shape index (κ3) is 6.95. The molecule has 8 N–H and O–H groups in total. The summed E-state index contributed by atoms with van der Waals surface area (Å²) in [5.74, 6) is -4.47. The van der Waals surface area contributed by atoms with Crippen LogP contribution in [0.2, 0.25) is 0 Å². The molecule has 2 aliphatic heterocycles. The molecule has 0 bridgehead atoms. The van der Waals surface area contributed by atoms with E-state index in [1.54, 1.807) is 0 Å². The Kier molecular flexibility index (Phi) is 12.3. The van der Waals surface area contributed by atoms with Crippen LogP contribution in [-0.4, -0.2) is 155 Å². The first-order valence-electron chi connectivity index (χ1n) is 20.7. The second-order valence-corrected chi connectivity index (χ2v) is 20.6. The van der Waals surface area contributed by atoms with Crippen LogP contribution in [0.25, 0.3) is 0 Å². The van der Waals surface area contributed by atoms with E-state index in [0.717, 1.165) is 37.7 Å². The zero-order chi connectivity index (χ0) is 42.9. The molecule has 5 aliphatic carbocycles.